The molecule has 0 aliphatic rings. The number of halogens is 8. The molecular weight excluding hydrogens is 432 g/mol. The molecule has 0 saturated carbocycles. The number of aliphatic carboxylic acids is 1. The van der Waals surface area contributed by atoms with Gasteiger partial charge in [-0.25, -0.2) is 18.0 Å². The zero-order chi connectivity index (χ0) is 22.1. The van der Waals surface area contributed by atoms with Crippen molar-refractivity contribution in [1.29, 1.82) is 0 Å². The number of esters is 1. The molecule has 0 rings (SSSR count). The highest BCUT2D eigenvalue weighted by molar-refractivity contribution is 7.86. The van der Waals surface area contributed by atoms with Crippen molar-refractivity contribution in [2.45, 2.75) is 29.8 Å². The zero-order valence-corrected chi connectivity index (χ0v) is 13.2. The van der Waals surface area contributed by atoms with E-state index in [0.29, 0.717) is 0 Å². The molecule has 0 saturated heterocycles. The van der Waals surface area contributed by atoms with Crippen molar-refractivity contribution < 1.29 is 72.3 Å². The highest BCUT2D eigenvalue weighted by Gasteiger charge is 2.67. The molecule has 158 valence electrons. The van der Waals surface area contributed by atoms with Gasteiger partial charge in [0.1, 0.15) is 5.57 Å². The predicted octanol–water partition coefficient (Wildman–Crippen LogP) is 1.54. The Morgan fingerprint density at radius 1 is 1.04 bits per heavy atom. The van der Waals surface area contributed by atoms with E-state index in [0.717, 1.165) is 0 Å². The van der Waals surface area contributed by atoms with Crippen molar-refractivity contribution in [3.8, 4) is 0 Å². The van der Waals surface area contributed by atoms with Crippen LogP contribution in [0.2, 0.25) is 0 Å². The lowest BCUT2D eigenvalue weighted by Crippen LogP contribution is -2.58. The second-order valence-corrected chi connectivity index (χ2v) is 5.98. The Morgan fingerprint density at radius 2 is 1.48 bits per heavy atom. The van der Waals surface area contributed by atoms with Crippen LogP contribution in [0.4, 0.5) is 35.1 Å². The second kappa shape index (κ2) is 7.55. The lowest BCUT2D eigenvalue weighted by atomic mass is 10.2. The molecule has 1 atom stereocenters. The summed E-state index contributed by atoms with van der Waals surface area (Å²) in [6, 6.07) is 0. The number of carbonyl (C=O) groups is 2. The fourth-order valence-electron chi connectivity index (χ4n) is 1.14. The average molecular weight is 439 g/mol. The Labute approximate surface area is 144 Å². The van der Waals surface area contributed by atoms with Gasteiger partial charge in [-0.15, -0.1) is 0 Å². The summed E-state index contributed by atoms with van der Waals surface area (Å²) in [5.74, 6) is -11.5. The molecule has 0 aromatic heterocycles. The zero-order valence-electron chi connectivity index (χ0n) is 12.4. The first-order valence-corrected chi connectivity index (χ1v) is 7.36. The number of carboxylic acids is 1. The number of hydrogen-bond acceptors (Lipinski definition) is 7. The topological polar surface area (TPSA) is 130 Å². The van der Waals surface area contributed by atoms with Crippen molar-refractivity contribution in [3.05, 3.63) is 12.2 Å². The number of alkyl halides is 8. The molecular formula is C10H7F8O8S-. The molecule has 0 aromatic rings. The molecule has 0 amide bonds. The fourth-order valence-corrected chi connectivity index (χ4v) is 1.48. The van der Waals surface area contributed by atoms with Crippen molar-refractivity contribution >= 4 is 22.1 Å². The summed E-state index contributed by atoms with van der Waals surface area (Å²) in [6.07, 6.45) is -14.3. The van der Waals surface area contributed by atoms with E-state index in [1.54, 1.807) is 0 Å². The Balaban J connectivity index is 5.76. The van der Waals surface area contributed by atoms with E-state index in [-0.39, 0.29) is 0 Å². The van der Waals surface area contributed by atoms with Crippen LogP contribution in [0.25, 0.3) is 0 Å². The van der Waals surface area contributed by atoms with Gasteiger partial charge in [0.2, 0.25) is 0 Å². The molecule has 0 spiro atoms. The summed E-state index contributed by atoms with van der Waals surface area (Å²) in [4.78, 5) is 21.9. The minimum absolute atomic E-state index is 2.05. The summed E-state index contributed by atoms with van der Waals surface area (Å²) in [6.45, 7) is -0.127. The van der Waals surface area contributed by atoms with Gasteiger partial charge in [-0.1, -0.05) is 6.58 Å². The SMILES string of the molecule is C=C(C(=O)OC(OCCC(F)(F)S(=O)(=O)[O-])(C(=O)O)C(F)(F)F)C(F)(F)F. The van der Waals surface area contributed by atoms with E-state index < -0.39 is 64.1 Å². The lowest BCUT2D eigenvalue weighted by molar-refractivity contribution is -0.354. The third-order valence-electron chi connectivity index (χ3n) is 2.54. The Hall–Kier alpha value is -2.01. The maximum absolute atomic E-state index is 12.9. The number of carboxylic acid groups (broad SMARTS) is 1. The van der Waals surface area contributed by atoms with E-state index in [4.69, 9.17) is 5.11 Å². The second-order valence-electron chi connectivity index (χ2n) is 4.48. The number of hydrogen-bond donors (Lipinski definition) is 1. The van der Waals surface area contributed by atoms with Crippen LogP contribution in [-0.4, -0.2) is 60.0 Å². The van der Waals surface area contributed by atoms with Gasteiger partial charge in [-0.3, -0.25) is 0 Å². The first-order valence-electron chi connectivity index (χ1n) is 5.96. The summed E-state index contributed by atoms with van der Waals surface area (Å²) in [5.41, 5.74) is -2.59. The van der Waals surface area contributed by atoms with Crippen LogP contribution in [-0.2, 0) is 29.2 Å². The first kappa shape index (κ1) is 25.0. The Morgan fingerprint density at radius 3 is 1.78 bits per heavy atom. The molecule has 27 heavy (non-hydrogen) atoms. The van der Waals surface area contributed by atoms with Crippen LogP contribution in [0.3, 0.4) is 0 Å². The normalized spacial score (nSPS) is 15.7. The van der Waals surface area contributed by atoms with E-state index in [9.17, 15) is 57.7 Å². The average Bonchev–Trinajstić information content (AvgIpc) is 2.41. The molecule has 0 heterocycles. The van der Waals surface area contributed by atoms with Crippen LogP contribution in [0.15, 0.2) is 12.2 Å². The monoisotopic (exact) mass is 439 g/mol. The molecule has 0 aliphatic carbocycles. The van der Waals surface area contributed by atoms with Gasteiger partial charge in [0, 0.05) is 6.42 Å². The van der Waals surface area contributed by atoms with Crippen LogP contribution in [0.1, 0.15) is 6.42 Å². The van der Waals surface area contributed by atoms with Gasteiger partial charge in [0.25, 0.3) is 0 Å². The third-order valence-corrected chi connectivity index (χ3v) is 3.48. The van der Waals surface area contributed by atoms with Crippen molar-refractivity contribution in [1.82, 2.24) is 0 Å². The molecule has 0 aliphatic heterocycles. The number of rotatable bonds is 8. The highest BCUT2D eigenvalue weighted by atomic mass is 32.2. The predicted molar refractivity (Wildman–Crippen MR) is 62.9 cm³/mol. The van der Waals surface area contributed by atoms with Crippen molar-refractivity contribution in [2.24, 2.45) is 0 Å². The van der Waals surface area contributed by atoms with E-state index >= 15 is 0 Å². The van der Waals surface area contributed by atoms with Crippen LogP contribution in [0.5, 0.6) is 0 Å². The standard InChI is InChI=1S/C10H8F8O8S/c1-4(9(13,14)15)5(19)26-8(6(20)21,10(16,17)18)25-3-2-7(11,12)27(22,23)24/h1-3H2,(H,20,21)(H,22,23,24)/p-1. The summed E-state index contributed by atoms with van der Waals surface area (Å²) in [5, 5.41) is 3.36. The van der Waals surface area contributed by atoms with E-state index in [1.165, 1.54) is 0 Å². The quantitative estimate of drug-likeness (QED) is 0.198. The first-order chi connectivity index (χ1) is 11.7. The smallest absolute Gasteiger partial charge is 0.468 e. The summed E-state index contributed by atoms with van der Waals surface area (Å²) >= 11 is 0. The molecule has 0 radical (unpaired) electrons. The highest BCUT2D eigenvalue weighted by Crippen LogP contribution is 2.38. The minimum atomic E-state index is -6.39. The lowest BCUT2D eigenvalue weighted by Gasteiger charge is -2.31. The Bertz CT molecular complexity index is 710. The molecule has 1 unspecified atom stereocenters. The maximum Gasteiger partial charge on any atom is 0.468 e. The van der Waals surface area contributed by atoms with Crippen LogP contribution < -0.4 is 0 Å². The van der Waals surface area contributed by atoms with E-state index in [1.807, 2.05) is 6.58 Å². The maximum atomic E-state index is 12.9. The van der Waals surface area contributed by atoms with Gasteiger partial charge in [-0.05, 0) is 0 Å². The summed E-state index contributed by atoms with van der Waals surface area (Å²) in [7, 11) is -6.39. The fraction of sp³-hybridized carbons (Fsp3) is 0.600. The van der Waals surface area contributed by atoms with Crippen molar-refractivity contribution in [2.75, 3.05) is 6.61 Å². The van der Waals surface area contributed by atoms with Gasteiger partial charge in [0.05, 0.1) is 6.61 Å². The van der Waals surface area contributed by atoms with Crippen LogP contribution >= 0.6 is 0 Å². The summed E-state index contributed by atoms with van der Waals surface area (Å²) < 4.78 is 139. The number of ether oxygens (including phenoxy) is 2. The molecule has 1 N–H and O–H groups in total. The molecule has 0 fully saturated rings. The third kappa shape index (κ3) is 5.73. The van der Waals surface area contributed by atoms with Gasteiger partial charge >= 0.3 is 35.3 Å². The van der Waals surface area contributed by atoms with Crippen LogP contribution in [0, 0.1) is 0 Å². The largest absolute Gasteiger partial charge is 0.743 e. The molecule has 0 bridgehead atoms. The molecule has 8 nitrogen and oxygen atoms in total. The molecule has 0 aromatic carbocycles. The molecule has 17 heteroatoms. The van der Waals surface area contributed by atoms with Gasteiger partial charge < -0.3 is 19.1 Å². The van der Waals surface area contributed by atoms with Crippen molar-refractivity contribution in [3.63, 3.8) is 0 Å². The van der Waals surface area contributed by atoms with Gasteiger partial charge in [-0.2, -0.15) is 35.1 Å². The van der Waals surface area contributed by atoms with Gasteiger partial charge in [0.15, 0.2) is 10.1 Å². The van der Waals surface area contributed by atoms with E-state index in [2.05, 4.69) is 9.47 Å². The minimum Gasteiger partial charge on any atom is -0.743 e. The Kier molecular flexibility index (Phi) is 6.98. The number of carbonyl (C=O) groups excluding carboxylic acids is 1.